The van der Waals surface area contributed by atoms with Crippen molar-refractivity contribution in [1.82, 2.24) is 0 Å². The Bertz CT molecular complexity index is 356. The predicted octanol–water partition coefficient (Wildman–Crippen LogP) is 3.86. The highest BCUT2D eigenvalue weighted by molar-refractivity contribution is 5.40. The number of hydrogen-bond acceptors (Lipinski definition) is 2. The number of rotatable bonds is 5. The Labute approximate surface area is 105 Å². The minimum absolute atomic E-state index is 0.0756. The largest absolute Gasteiger partial charge is 0.493 e. The first kappa shape index (κ1) is 14.0. The molecular formula is C15H25NO. The zero-order valence-electron chi connectivity index (χ0n) is 11.7. The molecule has 2 N–H and O–H groups in total. The van der Waals surface area contributed by atoms with Gasteiger partial charge in [0.2, 0.25) is 0 Å². The molecule has 96 valence electrons. The Kier molecular flexibility index (Phi) is 5.01. The van der Waals surface area contributed by atoms with Crippen molar-refractivity contribution < 1.29 is 4.74 Å². The summed E-state index contributed by atoms with van der Waals surface area (Å²) in [5.74, 6) is 2.00. The SMILES string of the molecule is CC(C)COc1ccc(C(C)N)cc1C(C)C. The summed E-state index contributed by atoms with van der Waals surface area (Å²) < 4.78 is 5.85. The quantitative estimate of drug-likeness (QED) is 0.841. The van der Waals surface area contributed by atoms with E-state index in [-0.39, 0.29) is 6.04 Å². The highest BCUT2D eigenvalue weighted by atomic mass is 16.5. The van der Waals surface area contributed by atoms with Crippen molar-refractivity contribution in [2.24, 2.45) is 11.7 Å². The molecule has 2 heteroatoms. The maximum atomic E-state index is 5.91. The van der Waals surface area contributed by atoms with Gasteiger partial charge in [0.05, 0.1) is 6.61 Å². The fourth-order valence-corrected chi connectivity index (χ4v) is 1.69. The maximum absolute atomic E-state index is 5.91. The molecule has 1 atom stereocenters. The number of hydrogen-bond donors (Lipinski definition) is 1. The second-order valence-electron chi connectivity index (χ2n) is 5.45. The van der Waals surface area contributed by atoms with Crippen LogP contribution in [0.4, 0.5) is 0 Å². The summed E-state index contributed by atoms with van der Waals surface area (Å²) in [6.07, 6.45) is 0. The van der Waals surface area contributed by atoms with E-state index in [1.165, 1.54) is 11.1 Å². The second-order valence-corrected chi connectivity index (χ2v) is 5.45. The predicted molar refractivity (Wildman–Crippen MR) is 73.5 cm³/mol. The van der Waals surface area contributed by atoms with Crippen molar-refractivity contribution in [3.05, 3.63) is 29.3 Å². The third kappa shape index (κ3) is 4.04. The third-order valence-electron chi connectivity index (χ3n) is 2.75. The van der Waals surface area contributed by atoms with Gasteiger partial charge in [0.25, 0.3) is 0 Å². The Morgan fingerprint density at radius 1 is 1.12 bits per heavy atom. The Morgan fingerprint density at radius 2 is 1.76 bits per heavy atom. The van der Waals surface area contributed by atoms with Crippen molar-refractivity contribution >= 4 is 0 Å². The fraction of sp³-hybridized carbons (Fsp3) is 0.600. The lowest BCUT2D eigenvalue weighted by atomic mass is 9.97. The lowest BCUT2D eigenvalue weighted by molar-refractivity contribution is 0.267. The van der Waals surface area contributed by atoms with Crippen LogP contribution in [0.15, 0.2) is 18.2 Å². The molecular weight excluding hydrogens is 210 g/mol. The van der Waals surface area contributed by atoms with Gasteiger partial charge >= 0.3 is 0 Å². The van der Waals surface area contributed by atoms with Gasteiger partial charge in [-0.15, -0.1) is 0 Å². The van der Waals surface area contributed by atoms with E-state index >= 15 is 0 Å². The van der Waals surface area contributed by atoms with Gasteiger partial charge in [-0.05, 0) is 36.0 Å². The zero-order chi connectivity index (χ0) is 13.0. The average Bonchev–Trinajstić information content (AvgIpc) is 2.25. The van der Waals surface area contributed by atoms with Crippen molar-refractivity contribution in [2.75, 3.05) is 6.61 Å². The van der Waals surface area contributed by atoms with Crippen molar-refractivity contribution in [3.63, 3.8) is 0 Å². The van der Waals surface area contributed by atoms with Crippen LogP contribution in [0.3, 0.4) is 0 Å². The molecule has 0 saturated heterocycles. The van der Waals surface area contributed by atoms with Gasteiger partial charge in [0.15, 0.2) is 0 Å². The van der Waals surface area contributed by atoms with Crippen LogP contribution in [-0.4, -0.2) is 6.61 Å². The van der Waals surface area contributed by atoms with Crippen LogP contribution < -0.4 is 10.5 Å². The first-order chi connectivity index (χ1) is 7.91. The molecule has 0 radical (unpaired) electrons. The smallest absolute Gasteiger partial charge is 0.122 e. The molecule has 0 aliphatic carbocycles. The van der Waals surface area contributed by atoms with Crippen LogP contribution >= 0.6 is 0 Å². The molecule has 0 bridgehead atoms. The summed E-state index contributed by atoms with van der Waals surface area (Å²) in [7, 11) is 0. The van der Waals surface area contributed by atoms with Gasteiger partial charge in [-0.25, -0.2) is 0 Å². The Balaban J connectivity index is 2.96. The molecule has 0 amide bonds. The van der Waals surface area contributed by atoms with Crippen molar-refractivity contribution in [3.8, 4) is 5.75 Å². The van der Waals surface area contributed by atoms with E-state index in [0.717, 1.165) is 12.4 Å². The first-order valence-electron chi connectivity index (χ1n) is 6.44. The molecule has 0 aromatic heterocycles. The fourth-order valence-electron chi connectivity index (χ4n) is 1.69. The topological polar surface area (TPSA) is 35.2 Å². The first-order valence-corrected chi connectivity index (χ1v) is 6.44. The molecule has 0 aliphatic heterocycles. The Morgan fingerprint density at radius 3 is 2.24 bits per heavy atom. The lowest BCUT2D eigenvalue weighted by Crippen LogP contribution is -2.09. The summed E-state index contributed by atoms with van der Waals surface area (Å²) in [6, 6.07) is 6.36. The molecule has 1 aromatic rings. The molecule has 0 fully saturated rings. The van der Waals surface area contributed by atoms with Crippen LogP contribution in [0.1, 0.15) is 57.7 Å². The molecule has 2 nitrogen and oxygen atoms in total. The molecule has 0 heterocycles. The lowest BCUT2D eigenvalue weighted by Gasteiger charge is -2.17. The normalized spacial score (nSPS) is 13.2. The van der Waals surface area contributed by atoms with E-state index in [1.54, 1.807) is 0 Å². The van der Waals surface area contributed by atoms with Crippen LogP contribution in [-0.2, 0) is 0 Å². The summed E-state index contributed by atoms with van der Waals surface area (Å²) in [5.41, 5.74) is 8.34. The van der Waals surface area contributed by atoms with Crippen LogP contribution in [0.5, 0.6) is 5.75 Å². The van der Waals surface area contributed by atoms with E-state index in [0.29, 0.717) is 11.8 Å². The summed E-state index contributed by atoms with van der Waals surface area (Å²) in [4.78, 5) is 0. The van der Waals surface area contributed by atoms with E-state index < -0.39 is 0 Å². The van der Waals surface area contributed by atoms with Gasteiger partial charge in [0.1, 0.15) is 5.75 Å². The second kappa shape index (κ2) is 6.06. The molecule has 0 saturated carbocycles. The average molecular weight is 235 g/mol. The maximum Gasteiger partial charge on any atom is 0.122 e. The Hall–Kier alpha value is -1.02. The van der Waals surface area contributed by atoms with Gasteiger partial charge in [-0.3, -0.25) is 0 Å². The van der Waals surface area contributed by atoms with E-state index in [2.05, 4.69) is 45.9 Å². The minimum Gasteiger partial charge on any atom is -0.493 e. The van der Waals surface area contributed by atoms with E-state index in [9.17, 15) is 0 Å². The monoisotopic (exact) mass is 235 g/mol. The number of ether oxygens (including phenoxy) is 1. The standard InChI is InChI=1S/C15H25NO/c1-10(2)9-17-15-7-6-13(12(5)16)8-14(15)11(3)4/h6-8,10-12H,9,16H2,1-5H3. The number of benzene rings is 1. The van der Waals surface area contributed by atoms with E-state index in [1.807, 2.05) is 6.92 Å². The number of nitrogens with two attached hydrogens (primary N) is 1. The summed E-state index contributed by atoms with van der Waals surface area (Å²) in [5, 5.41) is 0. The molecule has 1 aromatic carbocycles. The zero-order valence-corrected chi connectivity index (χ0v) is 11.7. The van der Waals surface area contributed by atoms with Crippen molar-refractivity contribution in [1.29, 1.82) is 0 Å². The third-order valence-corrected chi connectivity index (χ3v) is 2.75. The van der Waals surface area contributed by atoms with Crippen LogP contribution in [0.2, 0.25) is 0 Å². The van der Waals surface area contributed by atoms with Gasteiger partial charge < -0.3 is 10.5 Å². The molecule has 0 spiro atoms. The van der Waals surface area contributed by atoms with Gasteiger partial charge in [-0.2, -0.15) is 0 Å². The molecule has 17 heavy (non-hydrogen) atoms. The minimum atomic E-state index is 0.0756. The highest BCUT2D eigenvalue weighted by Gasteiger charge is 2.11. The van der Waals surface area contributed by atoms with Crippen LogP contribution in [0.25, 0.3) is 0 Å². The summed E-state index contributed by atoms with van der Waals surface area (Å²) >= 11 is 0. The molecule has 0 aliphatic rings. The van der Waals surface area contributed by atoms with Crippen molar-refractivity contribution in [2.45, 2.75) is 46.6 Å². The van der Waals surface area contributed by atoms with Crippen LogP contribution in [0, 0.1) is 5.92 Å². The molecule has 1 unspecified atom stereocenters. The molecule has 1 rings (SSSR count). The van der Waals surface area contributed by atoms with Gasteiger partial charge in [0, 0.05) is 6.04 Å². The summed E-state index contributed by atoms with van der Waals surface area (Å²) in [6.45, 7) is 11.5. The highest BCUT2D eigenvalue weighted by Crippen LogP contribution is 2.29. The van der Waals surface area contributed by atoms with Gasteiger partial charge in [-0.1, -0.05) is 39.8 Å². The van der Waals surface area contributed by atoms with E-state index in [4.69, 9.17) is 10.5 Å².